The molecule has 0 fully saturated rings. The second-order valence-corrected chi connectivity index (χ2v) is 5.21. The Balaban J connectivity index is 2.18. The van der Waals surface area contributed by atoms with Crippen LogP contribution in [0.5, 0.6) is 0 Å². The van der Waals surface area contributed by atoms with E-state index >= 15 is 0 Å². The first-order valence-corrected chi connectivity index (χ1v) is 6.00. The third-order valence-corrected chi connectivity index (χ3v) is 4.00. The van der Waals surface area contributed by atoms with Gasteiger partial charge in [0, 0.05) is 6.20 Å². The number of aliphatic hydroxyl groups excluding tert-OH is 1. The van der Waals surface area contributed by atoms with Gasteiger partial charge in [0.15, 0.2) is 4.34 Å². The first-order valence-electron chi connectivity index (χ1n) is 3.99. The zero-order valence-electron chi connectivity index (χ0n) is 7.42. The van der Waals surface area contributed by atoms with Gasteiger partial charge in [0.25, 0.3) is 0 Å². The van der Waals surface area contributed by atoms with Crippen LogP contribution >= 0.6 is 34.7 Å². The topological polar surface area (TPSA) is 58.9 Å². The summed E-state index contributed by atoms with van der Waals surface area (Å²) in [6, 6.07) is 1.79. The molecular formula is C8H6ClN3OS2. The molecule has 0 aliphatic carbocycles. The smallest absolute Gasteiger partial charge is 0.158 e. The number of aromatic nitrogens is 3. The van der Waals surface area contributed by atoms with Crippen LogP contribution in [-0.4, -0.2) is 20.1 Å². The van der Waals surface area contributed by atoms with Crippen molar-refractivity contribution < 1.29 is 5.11 Å². The highest BCUT2D eigenvalue weighted by Crippen LogP contribution is 2.33. The first-order chi connectivity index (χ1) is 7.29. The standard InChI is InChI=1S/C8H6ClN3OS2/c9-7-5(3-13)14-8(12-7)15-6-1-2-10-4-11-6/h1-2,4,13H,3H2. The third-order valence-electron chi connectivity index (χ3n) is 1.52. The van der Waals surface area contributed by atoms with Crippen molar-refractivity contribution in [3.63, 3.8) is 0 Å². The lowest BCUT2D eigenvalue weighted by atomic mass is 10.6. The van der Waals surface area contributed by atoms with Gasteiger partial charge in [0.1, 0.15) is 16.5 Å². The van der Waals surface area contributed by atoms with Gasteiger partial charge in [-0.1, -0.05) is 11.6 Å². The van der Waals surface area contributed by atoms with Gasteiger partial charge in [-0.05, 0) is 17.8 Å². The molecule has 0 bridgehead atoms. The molecule has 0 amide bonds. The molecule has 0 saturated carbocycles. The summed E-state index contributed by atoms with van der Waals surface area (Å²) in [6.07, 6.45) is 3.14. The van der Waals surface area contributed by atoms with E-state index in [0.717, 1.165) is 9.37 Å². The zero-order chi connectivity index (χ0) is 10.7. The fourth-order valence-corrected chi connectivity index (χ4v) is 3.05. The molecule has 0 aromatic carbocycles. The molecule has 2 rings (SSSR count). The lowest BCUT2D eigenvalue weighted by molar-refractivity contribution is 0.285. The first kappa shape index (κ1) is 10.8. The molecule has 0 unspecified atom stereocenters. The predicted octanol–water partition coefficient (Wildman–Crippen LogP) is 2.23. The Hall–Kier alpha value is -0.690. The number of halogens is 1. The van der Waals surface area contributed by atoms with Gasteiger partial charge in [-0.2, -0.15) is 0 Å². The highest BCUT2D eigenvalue weighted by Gasteiger charge is 2.09. The molecule has 0 aliphatic heterocycles. The van der Waals surface area contributed by atoms with E-state index in [2.05, 4.69) is 15.0 Å². The van der Waals surface area contributed by atoms with Crippen LogP contribution in [0.4, 0.5) is 0 Å². The fourth-order valence-electron chi connectivity index (χ4n) is 0.882. The van der Waals surface area contributed by atoms with Crippen LogP contribution in [0, 0.1) is 0 Å². The Morgan fingerprint density at radius 2 is 2.40 bits per heavy atom. The lowest BCUT2D eigenvalue weighted by Crippen LogP contribution is -1.79. The summed E-state index contributed by atoms with van der Waals surface area (Å²) < 4.78 is 0.766. The number of aliphatic hydroxyl groups is 1. The monoisotopic (exact) mass is 259 g/mol. The van der Waals surface area contributed by atoms with Crippen LogP contribution in [0.1, 0.15) is 4.88 Å². The van der Waals surface area contributed by atoms with E-state index in [1.807, 2.05) is 0 Å². The maximum Gasteiger partial charge on any atom is 0.158 e. The molecule has 0 aliphatic rings. The van der Waals surface area contributed by atoms with Crippen molar-refractivity contribution in [3.8, 4) is 0 Å². The molecule has 78 valence electrons. The molecule has 2 aromatic rings. The van der Waals surface area contributed by atoms with Crippen molar-refractivity contribution in [1.29, 1.82) is 0 Å². The number of rotatable bonds is 3. The van der Waals surface area contributed by atoms with Crippen molar-refractivity contribution in [2.24, 2.45) is 0 Å². The van der Waals surface area contributed by atoms with Crippen LogP contribution in [0.15, 0.2) is 28.0 Å². The van der Waals surface area contributed by atoms with E-state index in [4.69, 9.17) is 16.7 Å². The van der Waals surface area contributed by atoms with Gasteiger partial charge in [0.05, 0.1) is 11.5 Å². The van der Waals surface area contributed by atoms with E-state index in [1.54, 1.807) is 12.3 Å². The van der Waals surface area contributed by atoms with Crippen LogP contribution in [0.3, 0.4) is 0 Å². The molecule has 2 heterocycles. The zero-order valence-corrected chi connectivity index (χ0v) is 9.81. The van der Waals surface area contributed by atoms with Gasteiger partial charge in [-0.25, -0.2) is 15.0 Å². The normalized spacial score (nSPS) is 10.5. The highest BCUT2D eigenvalue weighted by molar-refractivity contribution is 8.01. The Morgan fingerprint density at radius 1 is 1.53 bits per heavy atom. The van der Waals surface area contributed by atoms with Gasteiger partial charge in [-0.15, -0.1) is 11.3 Å². The van der Waals surface area contributed by atoms with Gasteiger partial charge in [0.2, 0.25) is 0 Å². The number of hydrogen-bond acceptors (Lipinski definition) is 6. The molecule has 0 radical (unpaired) electrons. The third kappa shape index (κ3) is 2.66. The minimum absolute atomic E-state index is 0.0825. The van der Waals surface area contributed by atoms with E-state index < -0.39 is 0 Å². The maximum absolute atomic E-state index is 8.95. The van der Waals surface area contributed by atoms with Crippen molar-refractivity contribution in [2.75, 3.05) is 0 Å². The lowest BCUT2D eigenvalue weighted by Gasteiger charge is -1.93. The van der Waals surface area contributed by atoms with Crippen LogP contribution in [-0.2, 0) is 6.61 Å². The largest absolute Gasteiger partial charge is 0.391 e. The van der Waals surface area contributed by atoms with Crippen LogP contribution in [0.2, 0.25) is 5.15 Å². The summed E-state index contributed by atoms with van der Waals surface area (Å²) in [5.74, 6) is 0. The predicted molar refractivity (Wildman–Crippen MR) is 59.2 cm³/mol. The maximum atomic E-state index is 8.95. The molecule has 4 nitrogen and oxygen atoms in total. The van der Waals surface area contributed by atoms with Crippen LogP contribution in [0.25, 0.3) is 0 Å². The van der Waals surface area contributed by atoms with Crippen molar-refractivity contribution >= 4 is 34.7 Å². The SMILES string of the molecule is OCc1sc(Sc2ccncn2)nc1Cl. The van der Waals surface area contributed by atoms with Gasteiger partial charge < -0.3 is 5.11 Å². The van der Waals surface area contributed by atoms with Crippen molar-refractivity contribution in [3.05, 3.63) is 28.6 Å². The Morgan fingerprint density at radius 3 is 3.00 bits per heavy atom. The summed E-state index contributed by atoms with van der Waals surface area (Å²) in [5, 5.41) is 10.1. The van der Waals surface area contributed by atoms with E-state index in [-0.39, 0.29) is 6.61 Å². The number of hydrogen-bond donors (Lipinski definition) is 1. The van der Waals surface area contributed by atoms with E-state index in [1.165, 1.54) is 29.4 Å². The molecule has 15 heavy (non-hydrogen) atoms. The second-order valence-electron chi connectivity index (χ2n) is 2.50. The molecule has 0 saturated heterocycles. The van der Waals surface area contributed by atoms with E-state index in [9.17, 15) is 0 Å². The highest BCUT2D eigenvalue weighted by atomic mass is 35.5. The average Bonchev–Trinajstić information content (AvgIpc) is 2.60. The summed E-state index contributed by atoms with van der Waals surface area (Å²) in [7, 11) is 0. The van der Waals surface area contributed by atoms with E-state index in [0.29, 0.717) is 10.0 Å². The summed E-state index contributed by atoms with van der Waals surface area (Å²) >= 11 is 8.57. The minimum atomic E-state index is -0.0825. The molecule has 7 heteroatoms. The summed E-state index contributed by atoms with van der Waals surface area (Å²) in [5.41, 5.74) is 0. The molecule has 1 N–H and O–H groups in total. The van der Waals surface area contributed by atoms with Crippen LogP contribution < -0.4 is 0 Å². The summed E-state index contributed by atoms with van der Waals surface area (Å²) in [6.45, 7) is -0.0825. The van der Waals surface area contributed by atoms with Crippen molar-refractivity contribution in [1.82, 2.24) is 15.0 Å². The minimum Gasteiger partial charge on any atom is -0.391 e. The molecule has 0 atom stereocenters. The van der Waals surface area contributed by atoms with Crippen molar-refractivity contribution in [2.45, 2.75) is 16.0 Å². The van der Waals surface area contributed by atoms with Gasteiger partial charge >= 0.3 is 0 Å². The Labute approximate surface area is 99.4 Å². The molecule has 0 spiro atoms. The average molecular weight is 260 g/mol. The molecule has 2 aromatic heterocycles. The Kier molecular flexibility index (Phi) is 3.53. The quantitative estimate of drug-likeness (QED) is 0.857. The van der Waals surface area contributed by atoms with Gasteiger partial charge in [-0.3, -0.25) is 0 Å². The summed E-state index contributed by atoms with van der Waals surface area (Å²) in [4.78, 5) is 12.6. The molecular weight excluding hydrogens is 254 g/mol. The number of thiazole rings is 1. The Bertz CT molecular complexity index is 448. The fraction of sp³-hybridized carbons (Fsp3) is 0.125. The number of nitrogens with zero attached hydrogens (tertiary/aromatic N) is 3. The second kappa shape index (κ2) is 4.89.